The Kier molecular flexibility index (Phi) is 7.52. The highest BCUT2D eigenvalue weighted by Gasteiger charge is 2.35. The van der Waals surface area contributed by atoms with Crippen LogP contribution in [-0.2, 0) is 16.0 Å². The van der Waals surface area contributed by atoms with Gasteiger partial charge < -0.3 is 24.6 Å². The predicted molar refractivity (Wildman–Crippen MR) is 121 cm³/mol. The van der Waals surface area contributed by atoms with Gasteiger partial charge in [-0.15, -0.1) is 0 Å². The van der Waals surface area contributed by atoms with Crippen LogP contribution < -0.4 is 19.7 Å². The van der Waals surface area contributed by atoms with Crippen LogP contribution in [0.1, 0.15) is 12.0 Å². The Bertz CT molecular complexity index is 901. The zero-order chi connectivity index (χ0) is 22.4. The summed E-state index contributed by atoms with van der Waals surface area (Å²) in [5.74, 6) is 0.618. The van der Waals surface area contributed by atoms with Crippen molar-refractivity contribution in [3.05, 3.63) is 54.1 Å². The first-order valence-corrected chi connectivity index (χ1v) is 10.4. The largest absolute Gasteiger partial charge is 0.493 e. The fraction of sp³-hybridized carbons (Fsp3) is 0.417. The third-order valence-corrected chi connectivity index (χ3v) is 5.73. The molecule has 1 aliphatic heterocycles. The van der Waals surface area contributed by atoms with Crippen molar-refractivity contribution < 1.29 is 19.1 Å². The Labute approximate surface area is 183 Å². The maximum atomic E-state index is 12.8. The third kappa shape index (κ3) is 5.55. The van der Waals surface area contributed by atoms with E-state index in [2.05, 4.69) is 22.3 Å². The van der Waals surface area contributed by atoms with Gasteiger partial charge in [-0.2, -0.15) is 0 Å². The lowest BCUT2D eigenvalue weighted by Crippen LogP contribution is -2.43. The van der Waals surface area contributed by atoms with Crippen molar-refractivity contribution in [1.29, 1.82) is 0 Å². The molecule has 1 fully saturated rings. The molecule has 7 heteroatoms. The monoisotopic (exact) mass is 425 g/mol. The summed E-state index contributed by atoms with van der Waals surface area (Å²) in [4.78, 5) is 29.2. The molecule has 0 aliphatic carbocycles. The zero-order valence-corrected chi connectivity index (χ0v) is 18.6. The highest BCUT2D eigenvalue weighted by atomic mass is 16.5. The lowest BCUT2D eigenvalue weighted by Gasteiger charge is -2.25. The molecule has 1 aliphatic rings. The summed E-state index contributed by atoms with van der Waals surface area (Å²) < 4.78 is 10.6. The van der Waals surface area contributed by atoms with Gasteiger partial charge in [0, 0.05) is 37.3 Å². The highest BCUT2D eigenvalue weighted by Crippen LogP contribution is 2.34. The molecule has 31 heavy (non-hydrogen) atoms. The predicted octanol–water partition coefficient (Wildman–Crippen LogP) is 2.35. The number of likely N-dealkylation sites (N-methyl/N-ethyl adjacent to an activating group) is 1. The summed E-state index contributed by atoms with van der Waals surface area (Å²) in [6.07, 6.45) is 1.04. The van der Waals surface area contributed by atoms with Crippen molar-refractivity contribution in [2.24, 2.45) is 5.92 Å². The molecule has 2 unspecified atom stereocenters. The molecule has 2 aromatic rings. The van der Waals surface area contributed by atoms with Gasteiger partial charge in [-0.25, -0.2) is 0 Å². The number of methoxy groups -OCH3 is 2. The number of hydrogen-bond donors (Lipinski definition) is 1. The Hall–Kier alpha value is -3.06. The van der Waals surface area contributed by atoms with Crippen LogP contribution in [-0.4, -0.2) is 64.2 Å². The maximum Gasteiger partial charge on any atom is 0.227 e. The molecule has 0 saturated carbocycles. The standard InChI is InChI=1S/C24H31N3O4/c1-26(2)20(12-17-8-6-5-7-9-17)15-25-24(29)18-13-23(28)27(16-18)19-10-11-21(30-3)22(14-19)31-4/h5-11,14,18,20H,12-13,15-16H2,1-4H3,(H,25,29). The van der Waals surface area contributed by atoms with Crippen molar-refractivity contribution >= 4 is 17.5 Å². The molecule has 0 aromatic heterocycles. The van der Waals surface area contributed by atoms with E-state index in [-0.39, 0.29) is 30.2 Å². The third-order valence-electron chi connectivity index (χ3n) is 5.73. The number of carbonyl (C=O) groups is 2. The Morgan fingerprint density at radius 2 is 1.84 bits per heavy atom. The number of nitrogens with zero attached hydrogens (tertiary/aromatic N) is 2. The number of anilines is 1. The van der Waals surface area contributed by atoms with E-state index in [0.29, 0.717) is 30.3 Å². The Morgan fingerprint density at radius 3 is 2.48 bits per heavy atom. The molecule has 1 heterocycles. The van der Waals surface area contributed by atoms with Crippen LogP contribution in [0.2, 0.25) is 0 Å². The molecule has 2 amide bonds. The average molecular weight is 426 g/mol. The van der Waals surface area contributed by atoms with E-state index in [4.69, 9.17) is 9.47 Å². The molecule has 0 spiro atoms. The first-order valence-electron chi connectivity index (χ1n) is 10.4. The van der Waals surface area contributed by atoms with Gasteiger partial charge in [-0.1, -0.05) is 30.3 Å². The number of hydrogen-bond acceptors (Lipinski definition) is 5. The summed E-state index contributed by atoms with van der Waals surface area (Å²) in [5, 5.41) is 3.06. The summed E-state index contributed by atoms with van der Waals surface area (Å²) in [6, 6.07) is 15.7. The van der Waals surface area contributed by atoms with E-state index in [1.54, 1.807) is 31.3 Å². The Morgan fingerprint density at radius 1 is 1.13 bits per heavy atom. The molecule has 3 rings (SSSR count). The van der Waals surface area contributed by atoms with Crippen molar-refractivity contribution in [2.45, 2.75) is 18.9 Å². The molecule has 166 valence electrons. The fourth-order valence-electron chi connectivity index (χ4n) is 3.81. The highest BCUT2D eigenvalue weighted by molar-refractivity contribution is 6.00. The zero-order valence-electron chi connectivity index (χ0n) is 18.6. The van der Waals surface area contributed by atoms with E-state index < -0.39 is 0 Å². The minimum atomic E-state index is -0.375. The van der Waals surface area contributed by atoms with Crippen LogP contribution in [0.4, 0.5) is 5.69 Å². The lowest BCUT2D eigenvalue weighted by molar-refractivity contribution is -0.126. The summed E-state index contributed by atoms with van der Waals surface area (Å²) in [7, 11) is 7.15. The molecular formula is C24H31N3O4. The molecular weight excluding hydrogens is 394 g/mol. The normalized spacial score (nSPS) is 17.0. The molecule has 1 N–H and O–H groups in total. The minimum absolute atomic E-state index is 0.0687. The van der Waals surface area contributed by atoms with Crippen molar-refractivity contribution in [2.75, 3.05) is 46.3 Å². The van der Waals surface area contributed by atoms with Crippen LogP contribution in [0.3, 0.4) is 0 Å². The van der Waals surface area contributed by atoms with Crippen LogP contribution in [0.15, 0.2) is 48.5 Å². The second-order valence-corrected chi connectivity index (χ2v) is 8.00. The van der Waals surface area contributed by atoms with Crippen molar-refractivity contribution in [3.8, 4) is 11.5 Å². The summed E-state index contributed by atoms with van der Waals surface area (Å²) in [5.41, 5.74) is 1.93. The molecule has 7 nitrogen and oxygen atoms in total. The number of nitrogens with one attached hydrogen (secondary N) is 1. The van der Waals surface area contributed by atoms with Gasteiger partial charge >= 0.3 is 0 Å². The van der Waals surface area contributed by atoms with Crippen LogP contribution in [0.5, 0.6) is 11.5 Å². The smallest absolute Gasteiger partial charge is 0.227 e. The van der Waals surface area contributed by atoms with Gasteiger partial charge in [0.2, 0.25) is 11.8 Å². The van der Waals surface area contributed by atoms with E-state index in [1.807, 2.05) is 38.4 Å². The second kappa shape index (κ2) is 10.3. The van der Waals surface area contributed by atoms with Crippen molar-refractivity contribution in [3.63, 3.8) is 0 Å². The number of carbonyl (C=O) groups excluding carboxylic acids is 2. The molecule has 0 bridgehead atoms. The molecule has 1 saturated heterocycles. The molecule has 0 radical (unpaired) electrons. The number of rotatable bonds is 9. The number of ether oxygens (including phenoxy) is 2. The number of benzene rings is 2. The molecule has 2 aromatic carbocycles. The quantitative estimate of drug-likeness (QED) is 0.668. The minimum Gasteiger partial charge on any atom is -0.493 e. The summed E-state index contributed by atoms with van der Waals surface area (Å²) in [6.45, 7) is 0.882. The molecule has 2 atom stereocenters. The van der Waals surface area contributed by atoms with Gasteiger partial charge in [-0.3, -0.25) is 9.59 Å². The van der Waals surface area contributed by atoms with Gasteiger partial charge in [0.05, 0.1) is 20.1 Å². The van der Waals surface area contributed by atoms with Crippen LogP contribution in [0, 0.1) is 5.92 Å². The second-order valence-electron chi connectivity index (χ2n) is 8.00. The van der Waals surface area contributed by atoms with E-state index in [9.17, 15) is 9.59 Å². The van der Waals surface area contributed by atoms with Crippen molar-refractivity contribution in [1.82, 2.24) is 10.2 Å². The summed E-state index contributed by atoms with van der Waals surface area (Å²) >= 11 is 0. The van der Waals surface area contributed by atoms with E-state index >= 15 is 0 Å². The van der Waals surface area contributed by atoms with E-state index in [0.717, 1.165) is 6.42 Å². The van der Waals surface area contributed by atoms with Gasteiger partial charge in [0.15, 0.2) is 11.5 Å². The average Bonchev–Trinajstić information content (AvgIpc) is 3.18. The van der Waals surface area contributed by atoms with Crippen LogP contribution in [0.25, 0.3) is 0 Å². The lowest BCUT2D eigenvalue weighted by atomic mass is 10.0. The van der Waals surface area contributed by atoms with Gasteiger partial charge in [0.1, 0.15) is 0 Å². The SMILES string of the molecule is COc1ccc(N2CC(C(=O)NCC(Cc3ccccc3)N(C)C)CC2=O)cc1OC. The van der Waals surface area contributed by atoms with Crippen LogP contribution >= 0.6 is 0 Å². The maximum absolute atomic E-state index is 12.8. The van der Waals surface area contributed by atoms with Gasteiger partial charge in [0.25, 0.3) is 0 Å². The first kappa shape index (κ1) is 22.6. The van der Waals surface area contributed by atoms with Gasteiger partial charge in [-0.05, 0) is 38.2 Å². The Balaban J connectivity index is 1.60. The fourth-order valence-corrected chi connectivity index (χ4v) is 3.81. The number of amides is 2. The topological polar surface area (TPSA) is 71.1 Å². The first-order chi connectivity index (χ1) is 14.9. The van der Waals surface area contributed by atoms with E-state index in [1.165, 1.54) is 5.56 Å².